The van der Waals surface area contributed by atoms with Crippen LogP contribution in [0.4, 0.5) is 10.5 Å². The molecular formula is C26H23Cl2N3O2. The number of nitrogens with zero attached hydrogens (tertiary/aromatic N) is 1. The first-order valence-electron chi connectivity index (χ1n) is 10.5. The summed E-state index contributed by atoms with van der Waals surface area (Å²) in [6.07, 6.45) is 0. The second-order valence-corrected chi connectivity index (χ2v) is 8.88. The normalized spacial score (nSPS) is 10.9. The number of nitrogens with one attached hydrogen (secondary N) is 2. The molecule has 3 aromatic carbocycles. The van der Waals surface area contributed by atoms with Crippen LogP contribution in [0.5, 0.6) is 0 Å². The van der Waals surface area contributed by atoms with E-state index in [0.29, 0.717) is 21.3 Å². The first-order chi connectivity index (χ1) is 15.8. The highest BCUT2D eigenvalue weighted by molar-refractivity contribution is 6.31. The van der Waals surface area contributed by atoms with Crippen LogP contribution >= 0.6 is 23.2 Å². The molecule has 0 saturated carbocycles. The van der Waals surface area contributed by atoms with Gasteiger partial charge in [-0.25, -0.2) is 4.79 Å². The number of urea groups is 1. The van der Waals surface area contributed by atoms with E-state index in [1.165, 1.54) is 0 Å². The van der Waals surface area contributed by atoms with Gasteiger partial charge in [-0.3, -0.25) is 4.79 Å². The Labute approximate surface area is 202 Å². The summed E-state index contributed by atoms with van der Waals surface area (Å²) in [4.78, 5) is 30.6. The van der Waals surface area contributed by atoms with Gasteiger partial charge in [-0.15, -0.1) is 0 Å². The van der Waals surface area contributed by atoms with Crippen molar-refractivity contribution in [2.75, 3.05) is 5.32 Å². The van der Waals surface area contributed by atoms with E-state index in [9.17, 15) is 9.59 Å². The Morgan fingerprint density at radius 1 is 0.909 bits per heavy atom. The van der Waals surface area contributed by atoms with Crippen molar-refractivity contribution in [1.82, 2.24) is 9.88 Å². The van der Waals surface area contributed by atoms with E-state index in [1.54, 1.807) is 35.2 Å². The SMILES string of the molecule is Cc1cc2cc(CN(Cc3ccccc3Cl)C(=O)Nc3cccc(Cl)c3)c(=O)[nH]c2cc1C. The quantitative estimate of drug-likeness (QED) is 0.334. The van der Waals surface area contributed by atoms with Gasteiger partial charge >= 0.3 is 6.03 Å². The van der Waals surface area contributed by atoms with Crippen molar-refractivity contribution >= 4 is 45.8 Å². The number of hydrogen-bond donors (Lipinski definition) is 2. The molecule has 4 aromatic rings. The zero-order valence-corrected chi connectivity index (χ0v) is 19.8. The van der Waals surface area contributed by atoms with Gasteiger partial charge in [0.1, 0.15) is 0 Å². The zero-order chi connectivity index (χ0) is 23.5. The smallest absolute Gasteiger partial charge is 0.322 e. The van der Waals surface area contributed by atoms with Crippen LogP contribution in [-0.2, 0) is 13.1 Å². The van der Waals surface area contributed by atoms with E-state index in [2.05, 4.69) is 10.3 Å². The molecule has 5 nitrogen and oxygen atoms in total. The molecule has 168 valence electrons. The molecule has 0 atom stereocenters. The molecule has 0 radical (unpaired) electrons. The van der Waals surface area contributed by atoms with Crippen LogP contribution in [0.15, 0.2) is 71.5 Å². The van der Waals surface area contributed by atoms with Gasteiger partial charge in [-0.2, -0.15) is 0 Å². The third kappa shape index (κ3) is 5.38. The van der Waals surface area contributed by atoms with Crippen LogP contribution in [0.25, 0.3) is 10.9 Å². The Morgan fingerprint density at radius 2 is 1.64 bits per heavy atom. The van der Waals surface area contributed by atoms with Crippen LogP contribution in [0.1, 0.15) is 22.3 Å². The van der Waals surface area contributed by atoms with E-state index >= 15 is 0 Å². The second-order valence-electron chi connectivity index (χ2n) is 8.04. The van der Waals surface area contributed by atoms with Crippen molar-refractivity contribution in [3.63, 3.8) is 0 Å². The van der Waals surface area contributed by atoms with Crippen LogP contribution in [0, 0.1) is 13.8 Å². The summed E-state index contributed by atoms with van der Waals surface area (Å²) in [5, 5.41) is 4.85. The van der Waals surface area contributed by atoms with Crippen LogP contribution in [0.2, 0.25) is 10.0 Å². The molecule has 1 heterocycles. The second kappa shape index (κ2) is 9.69. The highest BCUT2D eigenvalue weighted by Crippen LogP contribution is 2.22. The summed E-state index contributed by atoms with van der Waals surface area (Å²) in [6.45, 7) is 4.38. The molecule has 0 aliphatic heterocycles. The molecule has 7 heteroatoms. The topological polar surface area (TPSA) is 65.2 Å². The van der Waals surface area contributed by atoms with Crippen LogP contribution in [0.3, 0.4) is 0 Å². The number of aromatic amines is 1. The minimum absolute atomic E-state index is 0.107. The highest BCUT2D eigenvalue weighted by atomic mass is 35.5. The number of carbonyl (C=O) groups is 1. The fourth-order valence-corrected chi connectivity index (χ4v) is 4.03. The molecule has 0 unspecified atom stereocenters. The Balaban J connectivity index is 1.69. The lowest BCUT2D eigenvalue weighted by Crippen LogP contribution is -2.35. The van der Waals surface area contributed by atoms with Crippen LogP contribution < -0.4 is 10.9 Å². The number of anilines is 1. The Bertz CT molecular complexity index is 1400. The highest BCUT2D eigenvalue weighted by Gasteiger charge is 2.18. The maximum absolute atomic E-state index is 13.2. The molecule has 1 aromatic heterocycles. The Kier molecular flexibility index (Phi) is 6.72. The van der Waals surface area contributed by atoms with Gasteiger partial charge in [0.05, 0.1) is 6.54 Å². The van der Waals surface area contributed by atoms with Gasteiger partial charge in [-0.05, 0) is 78.4 Å². The number of hydrogen-bond acceptors (Lipinski definition) is 2. The molecule has 0 fully saturated rings. The van der Waals surface area contributed by atoms with Crippen molar-refractivity contribution in [1.29, 1.82) is 0 Å². The van der Waals surface area contributed by atoms with Crippen molar-refractivity contribution in [3.8, 4) is 0 Å². The molecule has 33 heavy (non-hydrogen) atoms. The summed E-state index contributed by atoms with van der Waals surface area (Å²) in [6, 6.07) is 19.7. The van der Waals surface area contributed by atoms with Gasteiger partial charge in [-0.1, -0.05) is 47.5 Å². The Hall–Kier alpha value is -3.28. The van der Waals surface area contributed by atoms with Gasteiger partial charge in [0.15, 0.2) is 0 Å². The lowest BCUT2D eigenvalue weighted by Gasteiger charge is -2.24. The number of amides is 2. The number of aromatic nitrogens is 1. The Morgan fingerprint density at radius 3 is 2.39 bits per heavy atom. The number of rotatable bonds is 5. The minimum atomic E-state index is -0.364. The molecule has 0 spiro atoms. The standard InChI is InChI=1S/C26H23Cl2N3O2/c1-16-10-19-12-20(25(32)30-24(19)11-17(16)2)15-31(14-18-6-3-4-9-23(18)28)26(33)29-22-8-5-7-21(27)13-22/h3-13H,14-15H2,1-2H3,(H,29,33)(H,30,32). The van der Waals surface area contributed by atoms with E-state index in [4.69, 9.17) is 23.2 Å². The number of H-pyrrole nitrogens is 1. The first kappa shape index (κ1) is 22.9. The number of halogens is 2. The van der Waals surface area contributed by atoms with Gasteiger partial charge < -0.3 is 15.2 Å². The molecule has 4 rings (SSSR count). The number of carbonyl (C=O) groups excluding carboxylic acids is 1. The van der Waals surface area contributed by atoms with E-state index in [0.717, 1.165) is 27.6 Å². The molecular weight excluding hydrogens is 457 g/mol. The molecule has 0 aliphatic rings. The number of benzene rings is 3. The van der Waals surface area contributed by atoms with Crippen LogP contribution in [-0.4, -0.2) is 15.9 Å². The third-order valence-corrected chi connectivity index (χ3v) is 6.18. The van der Waals surface area contributed by atoms with E-state index in [-0.39, 0.29) is 24.7 Å². The third-order valence-electron chi connectivity index (χ3n) is 5.58. The molecule has 2 N–H and O–H groups in total. The average molecular weight is 480 g/mol. The summed E-state index contributed by atoms with van der Waals surface area (Å²) < 4.78 is 0. The average Bonchev–Trinajstić information content (AvgIpc) is 2.76. The number of pyridine rings is 1. The predicted molar refractivity (Wildman–Crippen MR) is 135 cm³/mol. The fraction of sp³-hybridized carbons (Fsp3) is 0.154. The van der Waals surface area contributed by atoms with E-state index < -0.39 is 0 Å². The van der Waals surface area contributed by atoms with Crippen molar-refractivity contribution in [2.24, 2.45) is 0 Å². The summed E-state index contributed by atoms with van der Waals surface area (Å²) in [5.41, 5.74) is 4.61. The molecule has 0 bridgehead atoms. The zero-order valence-electron chi connectivity index (χ0n) is 18.3. The largest absolute Gasteiger partial charge is 0.322 e. The molecule has 0 saturated heterocycles. The van der Waals surface area contributed by atoms with Gasteiger partial charge in [0.25, 0.3) is 5.56 Å². The summed E-state index contributed by atoms with van der Waals surface area (Å²) in [5.74, 6) is 0. The minimum Gasteiger partial charge on any atom is -0.322 e. The maximum atomic E-state index is 13.2. The van der Waals surface area contributed by atoms with Gasteiger partial charge in [0.2, 0.25) is 0 Å². The van der Waals surface area contributed by atoms with E-state index in [1.807, 2.05) is 50.2 Å². The maximum Gasteiger partial charge on any atom is 0.322 e. The van der Waals surface area contributed by atoms with Crippen molar-refractivity contribution < 1.29 is 4.79 Å². The molecule has 0 aliphatic carbocycles. The monoisotopic (exact) mass is 479 g/mol. The molecule has 2 amide bonds. The first-order valence-corrected chi connectivity index (χ1v) is 11.2. The summed E-state index contributed by atoms with van der Waals surface area (Å²) >= 11 is 12.4. The predicted octanol–water partition coefficient (Wildman–Crippen LogP) is 6.69. The van der Waals surface area contributed by atoms with Crippen molar-refractivity contribution in [3.05, 3.63) is 109 Å². The lowest BCUT2D eigenvalue weighted by atomic mass is 10.0. The van der Waals surface area contributed by atoms with Gasteiger partial charge in [0, 0.05) is 33.4 Å². The summed E-state index contributed by atoms with van der Waals surface area (Å²) in [7, 11) is 0. The lowest BCUT2D eigenvalue weighted by molar-refractivity contribution is 0.206. The van der Waals surface area contributed by atoms with Crippen molar-refractivity contribution in [2.45, 2.75) is 26.9 Å². The number of fused-ring (bicyclic) bond motifs is 1. The fourth-order valence-electron chi connectivity index (χ4n) is 3.65. The number of aryl methyl sites for hydroxylation is 2.